The third kappa shape index (κ3) is 8.93. The Balaban J connectivity index is 0. The van der Waals surface area contributed by atoms with Crippen LogP contribution in [0.25, 0.3) is 0 Å². The van der Waals surface area contributed by atoms with Crippen molar-refractivity contribution in [3.63, 3.8) is 0 Å². The average molecular weight is 585 g/mol. The normalized spacial score (nSPS) is 5.50. The molecule has 0 aromatic rings. The molecule has 0 aliphatic rings. The molecule has 0 amide bonds. The Bertz CT molecular complexity index is 3.25. The summed E-state index contributed by atoms with van der Waals surface area (Å²) < 4.78 is 0. The Morgan fingerprint density at radius 2 is 1.25 bits per heavy atom. The van der Waals surface area contributed by atoms with Crippen LogP contribution in [-0.2, 0) is 0 Å². The smallest absolute Gasteiger partial charge is 1.00 e. The summed E-state index contributed by atoms with van der Waals surface area (Å²) >= 11 is 5.30. The van der Waals surface area contributed by atoms with E-state index in [1.54, 1.807) is 0 Å². The minimum atomic E-state index is 0. The van der Waals surface area contributed by atoms with Gasteiger partial charge in [0.25, 0.3) is 0 Å². The maximum Gasteiger partial charge on any atom is 1.00 e. The molecule has 0 aliphatic heterocycles. The summed E-state index contributed by atoms with van der Waals surface area (Å²) in [6.45, 7) is 0. The van der Waals surface area contributed by atoms with Gasteiger partial charge in [0.2, 0.25) is 0 Å². The van der Waals surface area contributed by atoms with Crippen LogP contribution in [0.4, 0.5) is 0 Å². The monoisotopic (exact) mass is 586 g/mol. The van der Waals surface area contributed by atoms with Crippen molar-refractivity contribution >= 4 is 64.5 Å². The molecule has 0 aromatic carbocycles. The maximum absolute atomic E-state index is 2.39. The van der Waals surface area contributed by atoms with Crippen molar-refractivity contribution in [1.29, 1.82) is 0 Å². The Hall–Kier alpha value is 3.11. The van der Waals surface area contributed by atoms with Crippen molar-refractivity contribution in [2.75, 3.05) is 0 Å². The molecule has 0 saturated carbocycles. The van der Waals surface area contributed by atoms with E-state index in [1.807, 2.05) is 0 Å². The van der Waals surface area contributed by atoms with Gasteiger partial charge in [-0.25, -0.2) is 0 Å². The van der Waals surface area contributed by atoms with Gasteiger partial charge in [0.1, 0.15) is 0 Å². The second kappa shape index (κ2) is 9.45. The van der Waals surface area contributed by atoms with Crippen LogP contribution in [0.2, 0.25) is 0 Å². The van der Waals surface area contributed by atoms with Crippen LogP contribution < -0.4 is 13.3 Å². The van der Waals surface area contributed by atoms with Gasteiger partial charge in [0, 0.05) is 0 Å². The molecule has 4 heavy (non-hydrogen) atoms. The predicted octanol–water partition coefficient (Wildman–Crippen LogP) is -1.61. The van der Waals surface area contributed by atoms with Crippen LogP contribution in [0.3, 0.4) is 0 Å². The summed E-state index contributed by atoms with van der Waals surface area (Å²) in [6, 6.07) is 0. The molecule has 4 heteroatoms. The van der Waals surface area contributed by atoms with Gasteiger partial charge in [-0.15, -0.1) is 0 Å². The van der Waals surface area contributed by atoms with Crippen LogP contribution >= 0.6 is 37.2 Å². The molecular formula is I3Tl. The van der Waals surface area contributed by atoms with E-state index in [9.17, 15) is 0 Å². The first-order chi connectivity index (χ1) is 1.41. The number of hydrogen-bond acceptors (Lipinski definition) is 0. The fourth-order valence-corrected chi connectivity index (χ4v) is 0. The second-order valence-electron chi connectivity index (χ2n) is 0.0540. The number of rotatable bonds is 0. The van der Waals surface area contributed by atoms with E-state index in [0.29, 0.717) is 13.3 Å². The summed E-state index contributed by atoms with van der Waals surface area (Å²) in [6.07, 6.45) is 0. The Morgan fingerprint density at radius 3 is 1.25 bits per heavy atom. The van der Waals surface area contributed by atoms with Crippen LogP contribution in [0.1, 0.15) is 0 Å². The maximum atomic E-state index is 2.39. The number of hydrogen-bond donors (Lipinski definition) is 0. The van der Waals surface area contributed by atoms with E-state index < -0.39 is 0 Å². The Morgan fingerprint density at radius 1 is 1.25 bits per heavy atom. The topological polar surface area (TPSA) is 0 Å². The largest absolute Gasteiger partial charge is 1.00 e. The fourth-order valence-electron chi connectivity index (χ4n) is 0. The average Bonchev–Trinajstić information content (AvgIpc) is 0.918. The van der Waals surface area contributed by atoms with E-state index in [2.05, 4.69) is 37.2 Å². The minimum absolute atomic E-state index is 0. The van der Waals surface area contributed by atoms with Crippen molar-refractivity contribution < 1.29 is 13.3 Å². The summed E-state index contributed by atoms with van der Waals surface area (Å²) in [7, 11) is 0. The molecule has 0 atom stereocenters. The standard InChI is InChI=1S/I3.Tl/c1-3-2;/q-1;+1. The molecule has 0 heterocycles. The van der Waals surface area contributed by atoms with E-state index >= 15 is 0 Å². The van der Waals surface area contributed by atoms with Crippen LogP contribution in [-0.4, -0.2) is 27.3 Å². The zero-order valence-corrected chi connectivity index (χ0v) is 12.7. The van der Waals surface area contributed by atoms with Crippen molar-refractivity contribution in [3.05, 3.63) is 0 Å². The van der Waals surface area contributed by atoms with Gasteiger partial charge in [-0.1, -0.05) is 0 Å². The second-order valence-corrected chi connectivity index (χ2v) is 16.3. The number of halogens is 3. The molecule has 0 nitrogen and oxygen atoms in total. The van der Waals surface area contributed by atoms with Crippen molar-refractivity contribution in [2.45, 2.75) is 0 Å². The third-order valence-corrected chi connectivity index (χ3v) is 0. The summed E-state index contributed by atoms with van der Waals surface area (Å²) in [5.74, 6) is 0. The van der Waals surface area contributed by atoms with Crippen LogP contribution in [0.5, 0.6) is 0 Å². The summed E-state index contributed by atoms with van der Waals surface area (Å²) in [4.78, 5) is 0. The molecule has 0 bridgehead atoms. The van der Waals surface area contributed by atoms with E-state index in [1.165, 1.54) is 0 Å². The summed E-state index contributed by atoms with van der Waals surface area (Å²) in [5.41, 5.74) is 0. The Kier molecular flexibility index (Phi) is 24.0. The van der Waals surface area contributed by atoms with Crippen molar-refractivity contribution in [1.82, 2.24) is 0 Å². The quantitative estimate of drug-likeness (QED) is 0.238. The zero-order chi connectivity index (χ0) is 2.71. The molecular weight excluding hydrogens is 585 g/mol. The van der Waals surface area contributed by atoms with Gasteiger partial charge in [0.15, 0.2) is 0 Å². The van der Waals surface area contributed by atoms with Gasteiger partial charge in [0.05, 0.1) is 0 Å². The third-order valence-electron chi connectivity index (χ3n) is 0. The molecule has 0 saturated heterocycles. The van der Waals surface area contributed by atoms with Gasteiger partial charge in [-0.3, -0.25) is 0 Å². The molecule has 24 valence electrons. The molecule has 0 N–H and O–H groups in total. The molecule has 0 aromatic heterocycles. The van der Waals surface area contributed by atoms with Crippen LogP contribution in [0, 0.1) is 0 Å². The van der Waals surface area contributed by atoms with E-state index in [4.69, 9.17) is 0 Å². The molecule has 0 unspecified atom stereocenters. The zero-order valence-electron chi connectivity index (χ0n) is 1.71. The van der Waals surface area contributed by atoms with Crippen molar-refractivity contribution in [2.24, 2.45) is 0 Å². The first-order valence-electron chi connectivity index (χ1n) is 0.286. The molecule has 0 rings (SSSR count). The molecule has 0 aliphatic carbocycles. The van der Waals surface area contributed by atoms with Gasteiger partial charge >= 0.3 is 77.8 Å². The van der Waals surface area contributed by atoms with Gasteiger partial charge in [-0.2, -0.15) is 0 Å². The molecule has 0 fully saturated rings. The van der Waals surface area contributed by atoms with Gasteiger partial charge < -0.3 is 0 Å². The van der Waals surface area contributed by atoms with Crippen LogP contribution in [0.15, 0.2) is 0 Å². The van der Waals surface area contributed by atoms with E-state index in [-0.39, 0.29) is 27.3 Å². The predicted molar refractivity (Wildman–Crippen MR) is 33.8 cm³/mol. The van der Waals surface area contributed by atoms with Gasteiger partial charge in [-0.05, 0) is 0 Å². The van der Waals surface area contributed by atoms with Crippen molar-refractivity contribution in [3.8, 4) is 0 Å². The SMILES string of the molecule is I[I-]I.[Tl+]. The molecule has 0 radical (unpaired) electrons. The first-order valence-corrected chi connectivity index (χ1v) is 12.9. The fraction of sp³-hybridized carbons (Fsp3) is 0. The Labute approximate surface area is 75.6 Å². The minimum Gasteiger partial charge on any atom is 1.00 e. The summed E-state index contributed by atoms with van der Waals surface area (Å²) in [5, 5.41) is 0. The first kappa shape index (κ1) is 10.2. The molecule has 0 spiro atoms. The van der Waals surface area contributed by atoms with E-state index in [0.717, 1.165) is 0 Å².